The van der Waals surface area contributed by atoms with Gasteiger partial charge in [-0.05, 0) is 24.1 Å². The van der Waals surface area contributed by atoms with E-state index < -0.39 is 0 Å². The summed E-state index contributed by atoms with van der Waals surface area (Å²) in [4.78, 5) is 13.5. The van der Waals surface area contributed by atoms with E-state index in [1.54, 1.807) is 11.9 Å². The van der Waals surface area contributed by atoms with E-state index in [9.17, 15) is 4.79 Å². The number of benzene rings is 1. The van der Waals surface area contributed by atoms with Gasteiger partial charge in [-0.25, -0.2) is 0 Å². The predicted molar refractivity (Wildman–Crippen MR) is 73.5 cm³/mol. The maximum absolute atomic E-state index is 11.9. The Bertz CT molecular complexity index is 363. The van der Waals surface area contributed by atoms with E-state index in [0.717, 1.165) is 17.7 Å². The SMILES string of the molecule is CCCOCCC(=O)N(C)c1ccc(CN)cc1. The van der Waals surface area contributed by atoms with Crippen LogP contribution in [0.1, 0.15) is 25.3 Å². The van der Waals surface area contributed by atoms with Gasteiger partial charge in [-0.2, -0.15) is 0 Å². The predicted octanol–water partition coefficient (Wildman–Crippen LogP) is 1.92. The molecule has 18 heavy (non-hydrogen) atoms. The maximum Gasteiger partial charge on any atom is 0.229 e. The molecule has 1 amide bonds. The van der Waals surface area contributed by atoms with Crippen LogP contribution in [0.5, 0.6) is 0 Å². The fourth-order valence-electron chi connectivity index (χ4n) is 1.57. The fourth-order valence-corrected chi connectivity index (χ4v) is 1.57. The van der Waals surface area contributed by atoms with E-state index in [4.69, 9.17) is 10.5 Å². The van der Waals surface area contributed by atoms with E-state index in [1.165, 1.54) is 0 Å². The van der Waals surface area contributed by atoms with Gasteiger partial charge >= 0.3 is 0 Å². The standard InChI is InChI=1S/C14H22N2O2/c1-3-9-18-10-8-14(17)16(2)13-6-4-12(11-15)5-7-13/h4-7H,3,8-11,15H2,1-2H3. The normalized spacial score (nSPS) is 10.4. The van der Waals surface area contributed by atoms with E-state index in [0.29, 0.717) is 26.2 Å². The number of amides is 1. The van der Waals surface area contributed by atoms with E-state index in [-0.39, 0.29) is 5.91 Å². The lowest BCUT2D eigenvalue weighted by molar-refractivity contribution is -0.119. The molecule has 2 N–H and O–H groups in total. The summed E-state index contributed by atoms with van der Waals surface area (Å²) in [5, 5.41) is 0. The molecule has 0 saturated carbocycles. The number of hydrogen-bond acceptors (Lipinski definition) is 3. The van der Waals surface area contributed by atoms with E-state index in [2.05, 4.69) is 0 Å². The molecule has 0 saturated heterocycles. The molecular formula is C14H22N2O2. The zero-order valence-electron chi connectivity index (χ0n) is 11.2. The number of hydrogen-bond donors (Lipinski definition) is 1. The molecule has 0 aliphatic heterocycles. The Hall–Kier alpha value is -1.39. The van der Waals surface area contributed by atoms with Crippen LogP contribution in [0.3, 0.4) is 0 Å². The molecule has 0 spiro atoms. The van der Waals surface area contributed by atoms with Gasteiger partial charge in [-0.1, -0.05) is 19.1 Å². The Balaban J connectivity index is 2.46. The Labute approximate surface area is 109 Å². The van der Waals surface area contributed by atoms with E-state index >= 15 is 0 Å². The summed E-state index contributed by atoms with van der Waals surface area (Å²) in [6.07, 6.45) is 1.39. The van der Waals surface area contributed by atoms with Crippen LogP contribution in [-0.2, 0) is 16.1 Å². The van der Waals surface area contributed by atoms with Gasteiger partial charge in [0.1, 0.15) is 0 Å². The topological polar surface area (TPSA) is 55.6 Å². The Morgan fingerprint density at radius 2 is 1.94 bits per heavy atom. The molecule has 1 rings (SSSR count). The first kappa shape index (κ1) is 14.7. The second-order valence-corrected chi connectivity index (χ2v) is 4.19. The molecular weight excluding hydrogens is 228 g/mol. The van der Waals surface area contributed by atoms with Crippen LogP contribution in [0.2, 0.25) is 0 Å². The number of ether oxygens (including phenoxy) is 1. The third-order valence-electron chi connectivity index (χ3n) is 2.74. The summed E-state index contributed by atoms with van der Waals surface area (Å²) >= 11 is 0. The van der Waals surface area contributed by atoms with Gasteiger partial charge < -0.3 is 15.4 Å². The Morgan fingerprint density at radius 1 is 1.28 bits per heavy atom. The molecule has 0 bridgehead atoms. The minimum atomic E-state index is 0.0617. The van der Waals surface area contributed by atoms with Crippen molar-refractivity contribution in [2.24, 2.45) is 5.73 Å². The van der Waals surface area contributed by atoms with Gasteiger partial charge in [0.05, 0.1) is 13.0 Å². The van der Waals surface area contributed by atoms with Crippen molar-refractivity contribution in [2.75, 3.05) is 25.2 Å². The quantitative estimate of drug-likeness (QED) is 0.752. The lowest BCUT2D eigenvalue weighted by Gasteiger charge is -2.17. The third kappa shape index (κ3) is 4.47. The van der Waals surface area contributed by atoms with Gasteiger partial charge in [0.25, 0.3) is 0 Å². The zero-order chi connectivity index (χ0) is 13.4. The van der Waals surface area contributed by atoms with Gasteiger partial charge in [0.2, 0.25) is 5.91 Å². The molecule has 0 atom stereocenters. The van der Waals surface area contributed by atoms with Gasteiger partial charge in [-0.3, -0.25) is 4.79 Å². The van der Waals surface area contributed by atoms with E-state index in [1.807, 2.05) is 31.2 Å². The van der Waals surface area contributed by atoms with Crippen LogP contribution >= 0.6 is 0 Å². The minimum absolute atomic E-state index is 0.0617. The molecule has 1 aromatic rings. The highest BCUT2D eigenvalue weighted by Crippen LogP contribution is 2.14. The fraction of sp³-hybridized carbons (Fsp3) is 0.500. The molecule has 1 aromatic carbocycles. The highest BCUT2D eigenvalue weighted by Gasteiger charge is 2.10. The van der Waals surface area contributed by atoms with Crippen molar-refractivity contribution < 1.29 is 9.53 Å². The second-order valence-electron chi connectivity index (χ2n) is 4.19. The molecule has 4 nitrogen and oxygen atoms in total. The molecule has 0 aliphatic carbocycles. The lowest BCUT2D eigenvalue weighted by atomic mass is 10.2. The summed E-state index contributed by atoms with van der Waals surface area (Å²) in [5.41, 5.74) is 7.48. The molecule has 0 radical (unpaired) electrons. The van der Waals surface area contributed by atoms with Crippen molar-refractivity contribution in [1.29, 1.82) is 0 Å². The number of nitrogens with zero attached hydrogens (tertiary/aromatic N) is 1. The molecule has 4 heteroatoms. The first-order valence-electron chi connectivity index (χ1n) is 6.32. The van der Waals surface area contributed by atoms with Crippen molar-refractivity contribution in [3.8, 4) is 0 Å². The highest BCUT2D eigenvalue weighted by atomic mass is 16.5. The summed E-state index contributed by atoms with van der Waals surface area (Å²) in [6.45, 7) is 3.76. The summed E-state index contributed by atoms with van der Waals surface area (Å²) in [7, 11) is 1.78. The van der Waals surface area contributed by atoms with Gasteiger partial charge in [0, 0.05) is 25.9 Å². The van der Waals surface area contributed by atoms with Crippen LogP contribution in [0.15, 0.2) is 24.3 Å². The molecule has 0 aliphatic rings. The maximum atomic E-state index is 11.9. The monoisotopic (exact) mass is 250 g/mol. The molecule has 100 valence electrons. The smallest absolute Gasteiger partial charge is 0.229 e. The van der Waals surface area contributed by atoms with Crippen LogP contribution in [-0.4, -0.2) is 26.2 Å². The molecule has 0 unspecified atom stereocenters. The van der Waals surface area contributed by atoms with Crippen LogP contribution < -0.4 is 10.6 Å². The summed E-state index contributed by atoms with van der Waals surface area (Å²) in [5.74, 6) is 0.0617. The number of nitrogens with two attached hydrogens (primary N) is 1. The average Bonchev–Trinajstić information content (AvgIpc) is 2.42. The lowest BCUT2D eigenvalue weighted by Crippen LogP contribution is -2.27. The number of anilines is 1. The average molecular weight is 250 g/mol. The first-order valence-corrected chi connectivity index (χ1v) is 6.32. The van der Waals surface area contributed by atoms with Crippen molar-refractivity contribution in [3.05, 3.63) is 29.8 Å². The summed E-state index contributed by atoms with van der Waals surface area (Å²) < 4.78 is 5.31. The van der Waals surface area contributed by atoms with Gasteiger partial charge in [-0.15, -0.1) is 0 Å². The van der Waals surface area contributed by atoms with Crippen LogP contribution in [0.25, 0.3) is 0 Å². The minimum Gasteiger partial charge on any atom is -0.381 e. The van der Waals surface area contributed by atoms with Gasteiger partial charge in [0.15, 0.2) is 0 Å². The molecule has 0 heterocycles. The highest BCUT2D eigenvalue weighted by molar-refractivity contribution is 5.92. The second kappa shape index (κ2) is 7.84. The Morgan fingerprint density at radius 3 is 2.50 bits per heavy atom. The number of rotatable bonds is 7. The number of carbonyl (C=O) groups excluding carboxylic acids is 1. The van der Waals surface area contributed by atoms with Crippen molar-refractivity contribution in [1.82, 2.24) is 0 Å². The van der Waals surface area contributed by atoms with Crippen molar-refractivity contribution in [3.63, 3.8) is 0 Å². The first-order chi connectivity index (χ1) is 8.69. The Kier molecular flexibility index (Phi) is 6.39. The van der Waals surface area contributed by atoms with Crippen LogP contribution in [0.4, 0.5) is 5.69 Å². The summed E-state index contributed by atoms with van der Waals surface area (Å²) in [6, 6.07) is 7.69. The molecule has 0 aromatic heterocycles. The third-order valence-corrected chi connectivity index (χ3v) is 2.74. The van der Waals surface area contributed by atoms with Crippen molar-refractivity contribution >= 4 is 11.6 Å². The molecule has 0 fully saturated rings. The zero-order valence-corrected chi connectivity index (χ0v) is 11.2. The largest absolute Gasteiger partial charge is 0.381 e. The number of carbonyl (C=O) groups is 1. The van der Waals surface area contributed by atoms with Crippen molar-refractivity contribution in [2.45, 2.75) is 26.3 Å². The van der Waals surface area contributed by atoms with Crippen LogP contribution in [0, 0.1) is 0 Å².